The smallest absolute Gasteiger partial charge is 0 e. The van der Waals surface area contributed by atoms with E-state index in [0.717, 1.165) is 0 Å². The summed E-state index contributed by atoms with van der Waals surface area (Å²) in [5.41, 5.74) is 0. The fraction of sp³-hybridized carbons (Fsp3) is 0. The van der Waals surface area contributed by atoms with E-state index in [9.17, 15) is 0 Å². The number of hydrogen-bond donors (Lipinski definition) is 0. The molecule has 0 rings (SSSR count). The second-order valence-electron chi connectivity index (χ2n) is 0. The Labute approximate surface area is 96.6 Å². The van der Waals surface area contributed by atoms with Gasteiger partial charge in [-0.05, 0) is 0 Å². The monoisotopic (exact) mass is 429 g/mol. The van der Waals surface area contributed by atoms with Crippen LogP contribution in [0.3, 0.4) is 0 Å². The van der Waals surface area contributed by atoms with Crippen LogP contribution in [0, 0.1) is 0 Å². The zero-order chi connectivity index (χ0) is 0. The molecule has 1 radical (unpaired) electrons. The van der Waals surface area contributed by atoms with Gasteiger partial charge in [0.1, 0.15) is 0 Å². The van der Waals surface area contributed by atoms with E-state index < -0.39 is 0 Å². The van der Waals surface area contributed by atoms with Crippen LogP contribution in [0.4, 0.5) is 0 Å². The molecule has 0 spiro atoms. The average molecular weight is 428 g/mol. The van der Waals surface area contributed by atoms with Gasteiger partial charge in [0.05, 0.1) is 0 Å². The van der Waals surface area contributed by atoms with Crippen molar-refractivity contribution in [2.24, 2.45) is 0 Å². The quantitative estimate of drug-likeness (QED) is 0.426. The van der Waals surface area contributed by atoms with Crippen LogP contribution >= 0.6 is 0 Å². The summed E-state index contributed by atoms with van der Waals surface area (Å²) in [5, 5.41) is 0. The summed E-state index contributed by atoms with van der Waals surface area (Å²) in [6.07, 6.45) is 0. The van der Waals surface area contributed by atoms with Crippen molar-refractivity contribution in [1.82, 2.24) is 0 Å². The van der Waals surface area contributed by atoms with Gasteiger partial charge in [0.15, 0.2) is 17.4 Å². The number of rotatable bonds is 0. The predicted molar refractivity (Wildman–Crippen MR) is 9.94 cm³/mol. The zero-order valence-electron chi connectivity index (χ0n) is 1.56. The van der Waals surface area contributed by atoms with Gasteiger partial charge in [0, 0.05) is 80.9 Å². The van der Waals surface area contributed by atoms with Crippen molar-refractivity contribution in [1.29, 1.82) is 0 Å². The fourth-order valence-corrected chi connectivity index (χ4v) is 0. The molecule has 0 N–H and O–H groups in total. The Morgan fingerprint density at radius 1 is 1.00 bits per heavy atom. The molecular formula is H3AlAuCrRuTi. The maximum absolute atomic E-state index is 0. The van der Waals surface area contributed by atoms with E-state index in [1.807, 2.05) is 0 Å². The predicted octanol–water partition coefficient (Wildman–Crippen LogP) is -1.19. The normalized spacial score (nSPS) is 0. The molecule has 0 aliphatic carbocycles. The van der Waals surface area contributed by atoms with E-state index in [1.54, 1.807) is 0 Å². The van der Waals surface area contributed by atoms with Crippen molar-refractivity contribution in [3.05, 3.63) is 0 Å². The molecule has 5 heavy (non-hydrogen) atoms. The van der Waals surface area contributed by atoms with Gasteiger partial charge in [0.2, 0.25) is 0 Å². The van der Waals surface area contributed by atoms with Crippen LogP contribution in [0.15, 0.2) is 0 Å². The largest absolute Gasteiger partial charge is 0.187 e. The van der Waals surface area contributed by atoms with Gasteiger partial charge in [-0.2, -0.15) is 0 Å². The Hall–Kier alpha value is 3.14. The average Bonchev–Trinajstić information content (AvgIpc) is 0. The van der Waals surface area contributed by atoms with Crippen molar-refractivity contribution >= 4 is 17.4 Å². The summed E-state index contributed by atoms with van der Waals surface area (Å²) in [5.74, 6) is 0. The van der Waals surface area contributed by atoms with Crippen molar-refractivity contribution < 1.29 is 80.9 Å². The molecule has 0 amide bonds. The standard InChI is InChI=1S/Al.Au.Cr.Ru.Ti.3H. The van der Waals surface area contributed by atoms with Gasteiger partial charge in [-0.3, -0.25) is 0 Å². The summed E-state index contributed by atoms with van der Waals surface area (Å²) in [4.78, 5) is 0. The van der Waals surface area contributed by atoms with Crippen LogP contribution in [0.5, 0.6) is 0 Å². The minimum atomic E-state index is 0. The first-order chi connectivity index (χ1) is 0. The molecule has 0 atom stereocenters. The molecule has 0 saturated heterocycles. The Morgan fingerprint density at radius 3 is 1.00 bits per heavy atom. The minimum Gasteiger partial charge on any atom is 0 e. The van der Waals surface area contributed by atoms with Crippen LogP contribution in [-0.4, -0.2) is 17.4 Å². The van der Waals surface area contributed by atoms with Crippen molar-refractivity contribution in [3.8, 4) is 0 Å². The SMILES string of the molecule is [AlH3].[Au].[Cr].[Ru].[Ti]. The van der Waals surface area contributed by atoms with E-state index in [-0.39, 0.29) is 98.3 Å². The van der Waals surface area contributed by atoms with Crippen LogP contribution < -0.4 is 0 Å². The molecular weight excluding hydrogens is 425 g/mol. The molecule has 0 nitrogen and oxygen atoms in total. The molecule has 0 saturated carbocycles. The molecule has 0 aliphatic rings. The summed E-state index contributed by atoms with van der Waals surface area (Å²) in [6.45, 7) is 0. The maximum Gasteiger partial charge on any atom is 0.187 e. The zero-order valence-corrected chi connectivity index (χ0v) is 8.30. The molecule has 0 aliphatic heterocycles. The molecule has 0 aromatic rings. The third-order valence-electron chi connectivity index (χ3n) is 0. The Kier molecular flexibility index (Phi) is 230. The third-order valence-corrected chi connectivity index (χ3v) is 0. The van der Waals surface area contributed by atoms with Crippen molar-refractivity contribution in [2.75, 3.05) is 0 Å². The summed E-state index contributed by atoms with van der Waals surface area (Å²) in [7, 11) is 0. The molecule has 0 bridgehead atoms. The summed E-state index contributed by atoms with van der Waals surface area (Å²) in [6, 6.07) is 0. The first-order valence-corrected chi connectivity index (χ1v) is 0. The van der Waals surface area contributed by atoms with Crippen LogP contribution in [0.1, 0.15) is 0 Å². The summed E-state index contributed by atoms with van der Waals surface area (Å²) >= 11 is 0. The fourth-order valence-electron chi connectivity index (χ4n) is 0. The molecule has 0 unspecified atom stereocenters. The molecule has 0 heterocycles. The van der Waals surface area contributed by atoms with Crippen molar-refractivity contribution in [2.45, 2.75) is 0 Å². The van der Waals surface area contributed by atoms with Gasteiger partial charge in [-0.15, -0.1) is 0 Å². The van der Waals surface area contributed by atoms with Gasteiger partial charge in [-0.1, -0.05) is 0 Å². The third kappa shape index (κ3) is 19.1. The van der Waals surface area contributed by atoms with Gasteiger partial charge in [-0.25, -0.2) is 0 Å². The molecule has 0 fully saturated rings. The molecule has 35 valence electrons. The first-order valence-electron chi connectivity index (χ1n) is 0. The van der Waals surface area contributed by atoms with E-state index >= 15 is 0 Å². The van der Waals surface area contributed by atoms with Crippen molar-refractivity contribution in [3.63, 3.8) is 0 Å². The Balaban J connectivity index is 0. The number of hydrogen-bond acceptors (Lipinski definition) is 0. The molecule has 0 aromatic heterocycles. The van der Waals surface area contributed by atoms with Gasteiger partial charge < -0.3 is 0 Å². The first kappa shape index (κ1) is 42.1. The Bertz CT molecular complexity index is 11.6. The van der Waals surface area contributed by atoms with Crippen LogP contribution in [-0.2, 0) is 80.9 Å². The molecule has 5 heteroatoms. The van der Waals surface area contributed by atoms with E-state index in [0.29, 0.717) is 0 Å². The van der Waals surface area contributed by atoms with Gasteiger partial charge >= 0.3 is 0 Å². The second kappa shape index (κ2) is 27.3. The topological polar surface area (TPSA) is 0 Å². The molecule has 0 aromatic carbocycles. The van der Waals surface area contributed by atoms with Crippen LogP contribution in [0.2, 0.25) is 0 Å². The van der Waals surface area contributed by atoms with E-state index in [4.69, 9.17) is 0 Å². The maximum atomic E-state index is 0. The van der Waals surface area contributed by atoms with Crippen LogP contribution in [0.25, 0.3) is 0 Å². The summed E-state index contributed by atoms with van der Waals surface area (Å²) < 4.78 is 0. The van der Waals surface area contributed by atoms with E-state index in [2.05, 4.69) is 0 Å². The second-order valence-corrected chi connectivity index (χ2v) is 0. The van der Waals surface area contributed by atoms with Gasteiger partial charge in [0.25, 0.3) is 0 Å². The minimum absolute atomic E-state index is 0. The van der Waals surface area contributed by atoms with E-state index in [1.165, 1.54) is 0 Å². The Morgan fingerprint density at radius 2 is 1.00 bits per heavy atom.